The molecule has 0 saturated carbocycles. The number of ether oxygens (including phenoxy) is 2. The zero-order chi connectivity index (χ0) is 20.7. The lowest BCUT2D eigenvalue weighted by Gasteiger charge is -2.16. The van der Waals surface area contributed by atoms with Crippen LogP contribution in [0.1, 0.15) is 30.5 Å². The molecule has 2 aromatic rings. The molecule has 0 bridgehead atoms. The van der Waals surface area contributed by atoms with Crippen LogP contribution in [0.4, 0.5) is 0 Å². The van der Waals surface area contributed by atoms with E-state index in [4.69, 9.17) is 26.3 Å². The Morgan fingerprint density at radius 3 is 2.71 bits per heavy atom. The van der Waals surface area contributed by atoms with Crippen LogP contribution in [0, 0.1) is 11.3 Å². The molecule has 2 rings (SSSR count). The van der Waals surface area contributed by atoms with Crippen LogP contribution in [0.25, 0.3) is 6.08 Å². The minimum Gasteiger partial charge on any atom is -0.493 e. The van der Waals surface area contributed by atoms with Crippen LogP contribution in [0.5, 0.6) is 11.5 Å². The van der Waals surface area contributed by atoms with Crippen molar-refractivity contribution in [2.45, 2.75) is 26.5 Å². The number of hydrogen-bond donors (Lipinski definition) is 0. The van der Waals surface area contributed by atoms with Crippen LogP contribution in [0.2, 0.25) is 5.02 Å². The molecule has 0 atom stereocenters. The number of amides is 1. The smallest absolute Gasteiger partial charge is 0.246 e. The summed E-state index contributed by atoms with van der Waals surface area (Å²) in [5.41, 5.74) is 2.19. The first-order valence-electron chi connectivity index (χ1n) is 8.80. The van der Waals surface area contributed by atoms with Gasteiger partial charge in [-0.1, -0.05) is 23.7 Å². The van der Waals surface area contributed by atoms with Crippen molar-refractivity contribution in [3.8, 4) is 17.6 Å². The standard InChI is InChI=1S/C22H23ClN2O3/c1-15(2)28-22-19(23)11-16(12-20(22)27-4)8-9-21(26)25(3)14-18-7-5-6-17(10-18)13-24/h5-12,15H,14H2,1-4H3/b9-8+. The molecular formula is C22H23ClN2O3. The van der Waals surface area contributed by atoms with Gasteiger partial charge in [-0.25, -0.2) is 0 Å². The fourth-order valence-electron chi connectivity index (χ4n) is 2.57. The van der Waals surface area contributed by atoms with Gasteiger partial charge < -0.3 is 14.4 Å². The third-order valence-electron chi connectivity index (χ3n) is 3.88. The first kappa shape index (κ1) is 21.3. The summed E-state index contributed by atoms with van der Waals surface area (Å²) in [6.07, 6.45) is 3.11. The van der Waals surface area contributed by atoms with E-state index in [9.17, 15) is 4.79 Å². The Balaban J connectivity index is 2.12. The molecule has 0 heterocycles. The van der Waals surface area contributed by atoms with E-state index < -0.39 is 0 Å². The molecular weight excluding hydrogens is 376 g/mol. The number of methoxy groups -OCH3 is 1. The van der Waals surface area contributed by atoms with E-state index in [1.165, 1.54) is 6.08 Å². The summed E-state index contributed by atoms with van der Waals surface area (Å²) in [6, 6.07) is 12.8. The van der Waals surface area contributed by atoms with Gasteiger partial charge in [-0.2, -0.15) is 5.26 Å². The predicted molar refractivity (Wildman–Crippen MR) is 110 cm³/mol. The summed E-state index contributed by atoms with van der Waals surface area (Å²) in [5.74, 6) is 0.826. The molecule has 146 valence electrons. The number of benzene rings is 2. The van der Waals surface area contributed by atoms with Crippen LogP contribution in [0.3, 0.4) is 0 Å². The van der Waals surface area contributed by atoms with Crippen molar-refractivity contribution in [2.75, 3.05) is 14.2 Å². The summed E-state index contributed by atoms with van der Waals surface area (Å²) in [6.45, 7) is 4.22. The van der Waals surface area contributed by atoms with E-state index in [2.05, 4.69) is 6.07 Å². The van der Waals surface area contributed by atoms with Gasteiger partial charge >= 0.3 is 0 Å². The second kappa shape index (κ2) is 9.82. The van der Waals surface area contributed by atoms with Gasteiger partial charge in [0, 0.05) is 19.7 Å². The van der Waals surface area contributed by atoms with Crippen molar-refractivity contribution in [3.63, 3.8) is 0 Å². The van der Waals surface area contributed by atoms with Crippen molar-refractivity contribution in [2.24, 2.45) is 0 Å². The molecule has 0 N–H and O–H groups in total. The molecule has 0 unspecified atom stereocenters. The lowest BCUT2D eigenvalue weighted by atomic mass is 10.1. The van der Waals surface area contributed by atoms with E-state index in [0.717, 1.165) is 11.1 Å². The average molecular weight is 399 g/mol. The van der Waals surface area contributed by atoms with Gasteiger partial charge in [0.25, 0.3) is 0 Å². The van der Waals surface area contributed by atoms with Crippen molar-refractivity contribution in [1.82, 2.24) is 4.90 Å². The quantitative estimate of drug-likeness (QED) is 0.635. The monoisotopic (exact) mass is 398 g/mol. The summed E-state index contributed by atoms with van der Waals surface area (Å²) in [5, 5.41) is 9.40. The zero-order valence-electron chi connectivity index (χ0n) is 16.4. The third-order valence-corrected chi connectivity index (χ3v) is 4.16. The van der Waals surface area contributed by atoms with Crippen LogP contribution in [-0.4, -0.2) is 31.1 Å². The number of likely N-dealkylation sites (N-methyl/N-ethyl adjacent to an activating group) is 1. The highest BCUT2D eigenvalue weighted by Gasteiger charge is 2.13. The van der Waals surface area contributed by atoms with Crippen LogP contribution in [0.15, 0.2) is 42.5 Å². The van der Waals surface area contributed by atoms with Crippen molar-refractivity contribution >= 4 is 23.6 Å². The van der Waals surface area contributed by atoms with Crippen molar-refractivity contribution in [3.05, 3.63) is 64.2 Å². The molecule has 0 radical (unpaired) electrons. The van der Waals surface area contributed by atoms with Gasteiger partial charge in [-0.05, 0) is 55.3 Å². The molecule has 2 aromatic carbocycles. The zero-order valence-corrected chi connectivity index (χ0v) is 17.2. The van der Waals surface area contributed by atoms with Gasteiger partial charge in [0.2, 0.25) is 5.91 Å². The second-order valence-electron chi connectivity index (χ2n) is 6.54. The van der Waals surface area contributed by atoms with Gasteiger partial charge in [0.15, 0.2) is 11.5 Å². The van der Waals surface area contributed by atoms with Crippen LogP contribution < -0.4 is 9.47 Å². The summed E-state index contributed by atoms with van der Waals surface area (Å²) in [4.78, 5) is 14.0. The Labute approximate surface area is 170 Å². The number of rotatable bonds is 7. The number of carbonyl (C=O) groups excluding carboxylic acids is 1. The molecule has 0 aliphatic carbocycles. The molecule has 0 saturated heterocycles. The SMILES string of the molecule is COc1cc(/C=C/C(=O)N(C)Cc2cccc(C#N)c2)cc(Cl)c1OC(C)C. The van der Waals surface area contributed by atoms with E-state index in [1.54, 1.807) is 55.5 Å². The first-order chi connectivity index (χ1) is 13.3. The van der Waals surface area contributed by atoms with Gasteiger partial charge in [-0.3, -0.25) is 4.79 Å². The minimum atomic E-state index is -0.167. The largest absolute Gasteiger partial charge is 0.493 e. The number of halogens is 1. The van der Waals surface area contributed by atoms with Crippen molar-refractivity contribution in [1.29, 1.82) is 5.26 Å². The topological polar surface area (TPSA) is 62.6 Å². The van der Waals surface area contributed by atoms with Gasteiger partial charge in [0.1, 0.15) is 0 Å². The van der Waals surface area contributed by atoms with E-state index in [-0.39, 0.29) is 12.0 Å². The molecule has 0 aromatic heterocycles. The maximum Gasteiger partial charge on any atom is 0.246 e. The Kier molecular flexibility index (Phi) is 7.48. The highest BCUT2D eigenvalue weighted by atomic mass is 35.5. The maximum atomic E-state index is 12.4. The maximum absolute atomic E-state index is 12.4. The Bertz CT molecular complexity index is 916. The molecule has 6 heteroatoms. The van der Waals surface area contributed by atoms with Crippen LogP contribution in [-0.2, 0) is 11.3 Å². The molecule has 0 fully saturated rings. The minimum absolute atomic E-state index is 0.0393. The Morgan fingerprint density at radius 2 is 2.07 bits per heavy atom. The Morgan fingerprint density at radius 1 is 1.32 bits per heavy atom. The molecule has 0 aliphatic rings. The van der Waals surface area contributed by atoms with E-state index in [0.29, 0.717) is 28.6 Å². The summed E-state index contributed by atoms with van der Waals surface area (Å²) < 4.78 is 11.0. The molecule has 0 aliphatic heterocycles. The molecule has 1 amide bonds. The highest BCUT2D eigenvalue weighted by Crippen LogP contribution is 2.37. The van der Waals surface area contributed by atoms with Gasteiger partial charge in [-0.15, -0.1) is 0 Å². The lowest BCUT2D eigenvalue weighted by Crippen LogP contribution is -2.24. The lowest BCUT2D eigenvalue weighted by molar-refractivity contribution is -0.125. The number of nitriles is 1. The molecule has 5 nitrogen and oxygen atoms in total. The number of hydrogen-bond acceptors (Lipinski definition) is 4. The first-order valence-corrected chi connectivity index (χ1v) is 9.18. The van der Waals surface area contributed by atoms with Gasteiger partial charge in [0.05, 0.1) is 29.9 Å². The Hall–Kier alpha value is -2.97. The van der Waals surface area contributed by atoms with E-state index in [1.807, 2.05) is 19.9 Å². The number of nitrogens with zero attached hydrogens (tertiary/aromatic N) is 2. The predicted octanol–water partition coefficient (Wildman–Crippen LogP) is 4.68. The fraction of sp³-hybridized carbons (Fsp3) is 0.273. The second-order valence-corrected chi connectivity index (χ2v) is 6.95. The summed E-state index contributed by atoms with van der Waals surface area (Å²) >= 11 is 6.31. The van der Waals surface area contributed by atoms with E-state index >= 15 is 0 Å². The summed E-state index contributed by atoms with van der Waals surface area (Å²) in [7, 11) is 3.25. The third kappa shape index (κ3) is 5.77. The number of carbonyl (C=O) groups is 1. The highest BCUT2D eigenvalue weighted by molar-refractivity contribution is 6.32. The average Bonchev–Trinajstić information content (AvgIpc) is 2.67. The molecule has 0 spiro atoms. The normalized spacial score (nSPS) is 10.8. The van der Waals surface area contributed by atoms with Crippen molar-refractivity contribution < 1.29 is 14.3 Å². The molecule has 28 heavy (non-hydrogen) atoms. The fourth-order valence-corrected chi connectivity index (χ4v) is 2.84. The van der Waals surface area contributed by atoms with Crippen LogP contribution >= 0.6 is 11.6 Å².